The van der Waals surface area contributed by atoms with Crippen LogP contribution in [0.5, 0.6) is 5.75 Å². The maximum absolute atomic E-state index is 12.7. The minimum absolute atomic E-state index is 0.0186. The van der Waals surface area contributed by atoms with E-state index in [4.69, 9.17) is 17.0 Å². The number of halogens is 3. The van der Waals surface area contributed by atoms with E-state index in [9.17, 15) is 18.0 Å². The molecule has 0 aliphatic rings. The predicted molar refractivity (Wildman–Crippen MR) is 104 cm³/mol. The lowest BCUT2D eigenvalue weighted by atomic mass is 10.2. The number of anilines is 1. The molecule has 0 aliphatic carbocycles. The standard InChI is InChI=1S/C18H16F3N3O2S2/c1-10(2)9-24(14-8-7-13-15(23-14)28-16(27)22-13)17(25)26-12-5-3-11(4-6-12)18(19,20)21/h3-8,10H,9H2,1-2H3,(H,22,27). The highest BCUT2D eigenvalue weighted by Crippen LogP contribution is 2.30. The normalized spacial score (nSPS) is 11.8. The lowest BCUT2D eigenvalue weighted by Crippen LogP contribution is -2.37. The van der Waals surface area contributed by atoms with Gasteiger partial charge >= 0.3 is 12.3 Å². The Hall–Kier alpha value is -2.46. The van der Waals surface area contributed by atoms with Gasteiger partial charge in [0, 0.05) is 6.54 Å². The van der Waals surface area contributed by atoms with Crippen molar-refractivity contribution in [2.45, 2.75) is 20.0 Å². The Labute approximate surface area is 167 Å². The molecular weight excluding hydrogens is 411 g/mol. The molecular formula is C18H16F3N3O2S2. The number of benzene rings is 1. The number of rotatable bonds is 4. The fraction of sp³-hybridized carbons (Fsp3) is 0.278. The minimum Gasteiger partial charge on any atom is -0.410 e. The van der Waals surface area contributed by atoms with Gasteiger partial charge in [-0.2, -0.15) is 13.2 Å². The Balaban J connectivity index is 1.85. The van der Waals surface area contributed by atoms with Gasteiger partial charge in [-0.05, 0) is 54.5 Å². The molecule has 28 heavy (non-hydrogen) atoms. The summed E-state index contributed by atoms with van der Waals surface area (Å²) in [4.78, 5) is 22.1. The third-order valence-corrected chi connectivity index (χ3v) is 4.85. The number of aromatic amines is 1. The monoisotopic (exact) mass is 427 g/mol. The SMILES string of the molecule is CC(C)CN(C(=O)Oc1ccc(C(F)(F)F)cc1)c1ccc2[nH]c(=S)sc2n1. The molecule has 5 nitrogen and oxygen atoms in total. The summed E-state index contributed by atoms with van der Waals surface area (Å²) < 4.78 is 43.9. The van der Waals surface area contributed by atoms with E-state index in [2.05, 4.69) is 9.97 Å². The predicted octanol–water partition coefficient (Wildman–Crippen LogP) is 6.03. The zero-order valence-electron chi connectivity index (χ0n) is 14.9. The minimum atomic E-state index is -4.45. The molecule has 1 aromatic carbocycles. The molecule has 0 atom stereocenters. The van der Waals surface area contributed by atoms with Crippen LogP contribution in [0, 0.1) is 9.87 Å². The van der Waals surface area contributed by atoms with Crippen LogP contribution in [0.1, 0.15) is 19.4 Å². The first kappa shape index (κ1) is 20.3. The van der Waals surface area contributed by atoms with E-state index >= 15 is 0 Å². The number of aromatic nitrogens is 2. The lowest BCUT2D eigenvalue weighted by Gasteiger charge is -2.23. The van der Waals surface area contributed by atoms with E-state index < -0.39 is 17.8 Å². The van der Waals surface area contributed by atoms with Crippen molar-refractivity contribution in [1.82, 2.24) is 9.97 Å². The number of carbonyl (C=O) groups is 1. The van der Waals surface area contributed by atoms with Crippen LogP contribution in [0.4, 0.5) is 23.8 Å². The number of nitrogens with zero attached hydrogens (tertiary/aromatic N) is 2. The van der Waals surface area contributed by atoms with Crippen molar-refractivity contribution in [2.24, 2.45) is 5.92 Å². The molecule has 0 bridgehead atoms. The molecule has 10 heteroatoms. The molecule has 0 spiro atoms. The van der Waals surface area contributed by atoms with Crippen LogP contribution >= 0.6 is 23.6 Å². The molecule has 0 saturated heterocycles. The van der Waals surface area contributed by atoms with Crippen molar-refractivity contribution < 1.29 is 22.7 Å². The Morgan fingerprint density at radius 2 is 1.93 bits per heavy atom. The summed E-state index contributed by atoms with van der Waals surface area (Å²) in [7, 11) is 0. The van der Waals surface area contributed by atoms with E-state index in [1.54, 1.807) is 12.1 Å². The van der Waals surface area contributed by atoms with Crippen LogP contribution < -0.4 is 9.64 Å². The van der Waals surface area contributed by atoms with E-state index in [0.717, 1.165) is 29.8 Å². The van der Waals surface area contributed by atoms with Crippen molar-refractivity contribution in [2.75, 3.05) is 11.4 Å². The number of nitrogens with one attached hydrogen (secondary N) is 1. The van der Waals surface area contributed by atoms with Gasteiger partial charge < -0.3 is 9.72 Å². The third-order valence-electron chi connectivity index (χ3n) is 3.70. The summed E-state index contributed by atoms with van der Waals surface area (Å²) >= 11 is 6.39. The van der Waals surface area contributed by atoms with E-state index in [1.807, 2.05) is 13.8 Å². The van der Waals surface area contributed by atoms with E-state index in [0.29, 0.717) is 21.1 Å². The zero-order chi connectivity index (χ0) is 20.5. The fourth-order valence-electron chi connectivity index (χ4n) is 2.47. The number of hydrogen-bond acceptors (Lipinski definition) is 5. The molecule has 2 heterocycles. The fourth-order valence-corrected chi connectivity index (χ4v) is 3.52. The molecule has 1 amide bonds. The van der Waals surface area contributed by atoms with Gasteiger partial charge in [-0.3, -0.25) is 4.90 Å². The van der Waals surface area contributed by atoms with Gasteiger partial charge in [-0.25, -0.2) is 9.78 Å². The Morgan fingerprint density at radius 3 is 2.54 bits per heavy atom. The molecule has 148 valence electrons. The highest BCUT2D eigenvalue weighted by Gasteiger charge is 2.30. The van der Waals surface area contributed by atoms with Crippen molar-refractivity contribution in [3.8, 4) is 5.75 Å². The van der Waals surface area contributed by atoms with Crippen LogP contribution in [-0.4, -0.2) is 22.6 Å². The maximum atomic E-state index is 12.7. The van der Waals surface area contributed by atoms with Gasteiger partial charge in [0.05, 0.1) is 11.1 Å². The van der Waals surface area contributed by atoms with Crippen molar-refractivity contribution in [1.29, 1.82) is 0 Å². The van der Waals surface area contributed by atoms with Crippen molar-refractivity contribution >= 4 is 45.8 Å². The number of pyridine rings is 1. The van der Waals surface area contributed by atoms with Crippen LogP contribution in [0.15, 0.2) is 36.4 Å². The van der Waals surface area contributed by atoms with E-state index in [-0.39, 0.29) is 11.7 Å². The Bertz CT molecular complexity index is 1040. The van der Waals surface area contributed by atoms with Crippen LogP contribution in [0.3, 0.4) is 0 Å². The number of fused-ring (bicyclic) bond motifs is 1. The van der Waals surface area contributed by atoms with E-state index in [1.165, 1.54) is 16.2 Å². The zero-order valence-corrected chi connectivity index (χ0v) is 16.5. The largest absolute Gasteiger partial charge is 0.420 e. The molecule has 0 unspecified atom stereocenters. The van der Waals surface area contributed by atoms with Gasteiger partial charge in [0.1, 0.15) is 16.4 Å². The van der Waals surface area contributed by atoms with Gasteiger partial charge in [0.25, 0.3) is 0 Å². The average Bonchev–Trinajstić information content (AvgIpc) is 2.98. The van der Waals surface area contributed by atoms with Crippen LogP contribution in [0.2, 0.25) is 0 Å². The van der Waals surface area contributed by atoms with Gasteiger partial charge in [0.15, 0.2) is 3.95 Å². The molecule has 0 fully saturated rings. The number of amides is 1. The number of ether oxygens (including phenoxy) is 1. The molecule has 3 rings (SSSR count). The molecule has 0 aliphatic heterocycles. The van der Waals surface area contributed by atoms with Crippen molar-refractivity contribution in [3.05, 3.63) is 45.9 Å². The second-order valence-corrected chi connectivity index (χ2v) is 8.10. The number of carbonyl (C=O) groups excluding carboxylic acids is 1. The molecule has 3 aromatic rings. The molecule has 2 aromatic heterocycles. The lowest BCUT2D eigenvalue weighted by molar-refractivity contribution is -0.137. The summed E-state index contributed by atoms with van der Waals surface area (Å²) in [6.07, 6.45) is -5.17. The Kier molecular flexibility index (Phi) is 5.71. The highest BCUT2D eigenvalue weighted by molar-refractivity contribution is 7.73. The first-order valence-electron chi connectivity index (χ1n) is 8.30. The second-order valence-electron chi connectivity index (χ2n) is 6.43. The molecule has 1 N–H and O–H groups in total. The molecule has 0 radical (unpaired) electrons. The quantitative estimate of drug-likeness (QED) is 0.516. The topological polar surface area (TPSA) is 58.2 Å². The van der Waals surface area contributed by atoms with Crippen LogP contribution in [-0.2, 0) is 6.18 Å². The highest BCUT2D eigenvalue weighted by atomic mass is 32.1. The summed E-state index contributed by atoms with van der Waals surface area (Å²) in [5, 5.41) is 0. The van der Waals surface area contributed by atoms with Gasteiger partial charge in [-0.15, -0.1) is 0 Å². The summed E-state index contributed by atoms with van der Waals surface area (Å²) in [6, 6.07) is 7.39. The maximum Gasteiger partial charge on any atom is 0.420 e. The third kappa shape index (κ3) is 4.68. The smallest absolute Gasteiger partial charge is 0.410 e. The number of alkyl halides is 3. The first-order chi connectivity index (χ1) is 13.1. The van der Waals surface area contributed by atoms with Crippen LogP contribution in [0.25, 0.3) is 10.3 Å². The average molecular weight is 427 g/mol. The van der Waals surface area contributed by atoms with Gasteiger partial charge in [-0.1, -0.05) is 25.2 Å². The molecule has 0 saturated carbocycles. The first-order valence-corrected chi connectivity index (χ1v) is 9.52. The second kappa shape index (κ2) is 7.88. The summed E-state index contributed by atoms with van der Waals surface area (Å²) in [5.74, 6) is 0.510. The van der Waals surface area contributed by atoms with Crippen molar-refractivity contribution in [3.63, 3.8) is 0 Å². The summed E-state index contributed by atoms with van der Waals surface area (Å²) in [5.41, 5.74) is -0.0496. The number of hydrogen-bond donors (Lipinski definition) is 1. The van der Waals surface area contributed by atoms with Gasteiger partial charge in [0.2, 0.25) is 0 Å². The summed E-state index contributed by atoms with van der Waals surface area (Å²) in [6.45, 7) is 4.18. The Morgan fingerprint density at radius 1 is 1.25 bits per heavy atom. The number of H-pyrrole nitrogens is 1. The number of thiazole rings is 1.